The van der Waals surface area contributed by atoms with Crippen molar-refractivity contribution in [3.05, 3.63) is 42.1 Å². The molecule has 0 saturated heterocycles. The standard InChI is InChI=1S/C18H25N5/c1-14-13-15-7-4-5-8-16(15)23(14)18-20-11-9-17(21-18)19-10-6-12-22(2)3/h4-5,7-9,11,14H,6,10,12-13H2,1-3H3,(H,19,20,21). The fourth-order valence-corrected chi connectivity index (χ4v) is 3.04. The molecule has 2 heterocycles. The number of rotatable bonds is 6. The summed E-state index contributed by atoms with van der Waals surface area (Å²) in [5.41, 5.74) is 2.60. The number of nitrogens with zero attached hydrogens (tertiary/aromatic N) is 4. The molecule has 23 heavy (non-hydrogen) atoms. The Morgan fingerprint density at radius 3 is 2.91 bits per heavy atom. The molecule has 0 radical (unpaired) electrons. The van der Waals surface area contributed by atoms with Gasteiger partial charge >= 0.3 is 0 Å². The Hall–Kier alpha value is -2.14. The second kappa shape index (κ2) is 6.96. The van der Waals surface area contributed by atoms with Gasteiger partial charge in [-0.2, -0.15) is 4.98 Å². The van der Waals surface area contributed by atoms with Gasteiger partial charge in [-0.05, 0) is 58.1 Å². The maximum atomic E-state index is 4.71. The number of nitrogens with one attached hydrogen (secondary N) is 1. The second-order valence-electron chi connectivity index (χ2n) is 6.38. The lowest BCUT2D eigenvalue weighted by Crippen LogP contribution is -2.26. The summed E-state index contributed by atoms with van der Waals surface area (Å²) >= 11 is 0. The lowest BCUT2D eigenvalue weighted by Gasteiger charge is -2.23. The maximum Gasteiger partial charge on any atom is 0.232 e. The zero-order valence-corrected chi connectivity index (χ0v) is 14.2. The molecule has 122 valence electrons. The molecule has 1 aromatic carbocycles. The molecule has 0 fully saturated rings. The molecule has 5 nitrogen and oxygen atoms in total. The first kappa shape index (κ1) is 15.7. The van der Waals surface area contributed by atoms with Gasteiger partial charge in [0.1, 0.15) is 5.82 Å². The van der Waals surface area contributed by atoms with Gasteiger partial charge in [-0.1, -0.05) is 18.2 Å². The summed E-state index contributed by atoms with van der Waals surface area (Å²) in [5, 5.41) is 3.40. The highest BCUT2D eigenvalue weighted by atomic mass is 15.3. The Bertz CT molecular complexity index is 655. The molecule has 1 unspecified atom stereocenters. The van der Waals surface area contributed by atoms with Gasteiger partial charge in [0, 0.05) is 24.5 Å². The van der Waals surface area contributed by atoms with E-state index in [1.807, 2.05) is 12.3 Å². The summed E-state index contributed by atoms with van der Waals surface area (Å²) < 4.78 is 0. The van der Waals surface area contributed by atoms with Gasteiger partial charge in [-0.25, -0.2) is 4.98 Å². The molecule has 0 bridgehead atoms. The van der Waals surface area contributed by atoms with E-state index in [1.165, 1.54) is 11.3 Å². The van der Waals surface area contributed by atoms with Crippen molar-refractivity contribution in [3.8, 4) is 0 Å². The van der Waals surface area contributed by atoms with Crippen molar-refractivity contribution in [1.82, 2.24) is 14.9 Å². The molecule has 1 aliphatic rings. The summed E-state index contributed by atoms with van der Waals surface area (Å²) in [6, 6.07) is 10.8. The number of benzene rings is 1. The molecule has 0 saturated carbocycles. The summed E-state index contributed by atoms with van der Waals surface area (Å²) in [5.74, 6) is 1.67. The van der Waals surface area contributed by atoms with Gasteiger partial charge in [0.25, 0.3) is 0 Å². The van der Waals surface area contributed by atoms with E-state index in [9.17, 15) is 0 Å². The van der Waals surface area contributed by atoms with Crippen LogP contribution in [0, 0.1) is 0 Å². The van der Waals surface area contributed by atoms with Crippen molar-refractivity contribution in [1.29, 1.82) is 0 Å². The monoisotopic (exact) mass is 311 g/mol. The van der Waals surface area contributed by atoms with Crippen LogP contribution in [-0.4, -0.2) is 48.1 Å². The lowest BCUT2D eigenvalue weighted by atomic mass is 10.1. The maximum absolute atomic E-state index is 4.71. The van der Waals surface area contributed by atoms with E-state index < -0.39 is 0 Å². The average Bonchev–Trinajstić information content (AvgIpc) is 2.87. The SMILES string of the molecule is CC1Cc2ccccc2N1c1nccc(NCCCN(C)C)n1. The van der Waals surface area contributed by atoms with Crippen molar-refractivity contribution < 1.29 is 0 Å². The third-order valence-electron chi connectivity index (χ3n) is 4.15. The van der Waals surface area contributed by atoms with Crippen LogP contribution in [0.25, 0.3) is 0 Å². The number of hydrogen-bond donors (Lipinski definition) is 1. The van der Waals surface area contributed by atoms with Crippen LogP contribution in [0.1, 0.15) is 18.9 Å². The van der Waals surface area contributed by atoms with Crippen LogP contribution >= 0.6 is 0 Å². The van der Waals surface area contributed by atoms with Crippen LogP contribution in [0.4, 0.5) is 17.5 Å². The normalized spacial score (nSPS) is 16.7. The molecule has 1 aromatic heterocycles. The van der Waals surface area contributed by atoms with Gasteiger partial charge in [0.05, 0.1) is 0 Å². The quantitative estimate of drug-likeness (QED) is 0.831. The van der Waals surface area contributed by atoms with Gasteiger partial charge < -0.3 is 15.1 Å². The smallest absolute Gasteiger partial charge is 0.232 e. The van der Waals surface area contributed by atoms with Crippen LogP contribution in [0.15, 0.2) is 36.5 Å². The molecular weight excluding hydrogens is 286 g/mol. The molecule has 0 spiro atoms. The minimum absolute atomic E-state index is 0.386. The molecule has 1 atom stereocenters. The van der Waals surface area contributed by atoms with Gasteiger partial charge in [0.15, 0.2) is 0 Å². The Balaban J connectivity index is 1.72. The highest BCUT2D eigenvalue weighted by Crippen LogP contribution is 2.36. The minimum atomic E-state index is 0.386. The van der Waals surface area contributed by atoms with Crippen molar-refractivity contribution in [2.75, 3.05) is 37.4 Å². The molecule has 0 aliphatic carbocycles. The van der Waals surface area contributed by atoms with Crippen molar-refractivity contribution in [2.24, 2.45) is 0 Å². The Kier molecular flexibility index (Phi) is 4.76. The number of anilines is 3. The topological polar surface area (TPSA) is 44.3 Å². The molecule has 0 amide bonds. The molecule has 3 rings (SSSR count). The fraction of sp³-hybridized carbons (Fsp3) is 0.444. The molecular formula is C18H25N5. The third kappa shape index (κ3) is 3.62. The fourth-order valence-electron chi connectivity index (χ4n) is 3.04. The van der Waals surface area contributed by atoms with Gasteiger partial charge in [-0.3, -0.25) is 0 Å². The zero-order valence-electron chi connectivity index (χ0n) is 14.2. The molecule has 2 aromatic rings. The first-order valence-corrected chi connectivity index (χ1v) is 8.24. The number of hydrogen-bond acceptors (Lipinski definition) is 5. The minimum Gasteiger partial charge on any atom is -0.370 e. The zero-order chi connectivity index (χ0) is 16.2. The second-order valence-corrected chi connectivity index (χ2v) is 6.38. The van der Waals surface area contributed by atoms with Crippen LogP contribution in [0.3, 0.4) is 0 Å². The number of fused-ring (bicyclic) bond motifs is 1. The van der Waals surface area contributed by atoms with Crippen LogP contribution in [0.5, 0.6) is 0 Å². The largest absolute Gasteiger partial charge is 0.370 e. The van der Waals surface area contributed by atoms with Crippen LogP contribution in [-0.2, 0) is 6.42 Å². The predicted octanol–water partition coefficient (Wildman–Crippen LogP) is 2.92. The summed E-state index contributed by atoms with van der Waals surface area (Å²) in [7, 11) is 4.18. The lowest BCUT2D eigenvalue weighted by molar-refractivity contribution is 0.405. The molecule has 1 aliphatic heterocycles. The predicted molar refractivity (Wildman–Crippen MR) is 95.4 cm³/mol. The Morgan fingerprint density at radius 2 is 2.09 bits per heavy atom. The van der Waals surface area contributed by atoms with Crippen LogP contribution < -0.4 is 10.2 Å². The van der Waals surface area contributed by atoms with E-state index in [1.54, 1.807) is 0 Å². The van der Waals surface area contributed by atoms with Gasteiger partial charge in [0.2, 0.25) is 5.95 Å². The first-order chi connectivity index (χ1) is 11.1. The van der Waals surface area contributed by atoms with E-state index in [2.05, 4.69) is 65.4 Å². The molecule has 1 N–H and O–H groups in total. The average molecular weight is 311 g/mol. The first-order valence-electron chi connectivity index (χ1n) is 8.24. The highest BCUT2D eigenvalue weighted by Gasteiger charge is 2.28. The van der Waals surface area contributed by atoms with Crippen LogP contribution in [0.2, 0.25) is 0 Å². The summed E-state index contributed by atoms with van der Waals surface area (Å²) in [4.78, 5) is 13.6. The van der Waals surface area contributed by atoms with E-state index in [4.69, 9.17) is 4.98 Å². The summed E-state index contributed by atoms with van der Waals surface area (Å²) in [6.07, 6.45) is 3.97. The number of para-hydroxylation sites is 1. The van der Waals surface area contributed by atoms with E-state index in [0.717, 1.165) is 37.7 Å². The van der Waals surface area contributed by atoms with Crippen molar-refractivity contribution in [3.63, 3.8) is 0 Å². The van der Waals surface area contributed by atoms with E-state index in [-0.39, 0.29) is 0 Å². The number of aromatic nitrogens is 2. The Labute approximate surface area is 138 Å². The van der Waals surface area contributed by atoms with Gasteiger partial charge in [-0.15, -0.1) is 0 Å². The van der Waals surface area contributed by atoms with E-state index >= 15 is 0 Å². The van der Waals surface area contributed by atoms with Crippen molar-refractivity contribution >= 4 is 17.5 Å². The van der Waals surface area contributed by atoms with E-state index in [0.29, 0.717) is 6.04 Å². The van der Waals surface area contributed by atoms with Crippen molar-refractivity contribution in [2.45, 2.75) is 25.8 Å². The highest BCUT2D eigenvalue weighted by molar-refractivity contribution is 5.67. The molecule has 5 heteroatoms. The Morgan fingerprint density at radius 1 is 1.26 bits per heavy atom. The third-order valence-corrected chi connectivity index (χ3v) is 4.15. The summed E-state index contributed by atoms with van der Waals surface area (Å²) in [6.45, 7) is 4.21.